The summed E-state index contributed by atoms with van der Waals surface area (Å²) in [7, 11) is 0. The second kappa shape index (κ2) is 7.01. The number of nitrogens with zero attached hydrogens (tertiary/aromatic N) is 4. The minimum atomic E-state index is -0.661. The molecule has 1 heterocycles. The first kappa shape index (κ1) is 17.1. The molecule has 9 nitrogen and oxygen atoms in total. The molecular formula is C17H15N5O4. The van der Waals surface area contributed by atoms with Gasteiger partial charge in [-0.25, -0.2) is 4.68 Å². The summed E-state index contributed by atoms with van der Waals surface area (Å²) < 4.78 is 1.73. The molecule has 2 aromatic carbocycles. The SMILES string of the molecule is Cc1ccn(-c2ccccc2CNc2ccc([N+](=O)[O-])cc2[N+](=O)[O-])n1. The Morgan fingerprint density at radius 2 is 1.85 bits per heavy atom. The molecule has 0 bridgehead atoms. The molecule has 0 spiro atoms. The van der Waals surface area contributed by atoms with E-state index in [-0.39, 0.29) is 17.1 Å². The Kier molecular flexibility index (Phi) is 4.61. The number of nitro groups is 2. The third-order valence-electron chi connectivity index (χ3n) is 3.82. The van der Waals surface area contributed by atoms with Crippen LogP contribution in [0.2, 0.25) is 0 Å². The maximum Gasteiger partial charge on any atom is 0.299 e. The van der Waals surface area contributed by atoms with E-state index in [4.69, 9.17) is 0 Å². The summed E-state index contributed by atoms with van der Waals surface area (Å²) in [6.45, 7) is 2.19. The fraction of sp³-hybridized carbons (Fsp3) is 0.118. The molecule has 9 heteroatoms. The molecule has 0 radical (unpaired) electrons. The number of hydrogen-bond donors (Lipinski definition) is 1. The summed E-state index contributed by atoms with van der Waals surface area (Å²) in [4.78, 5) is 20.7. The molecule has 0 atom stereocenters. The fourth-order valence-electron chi connectivity index (χ4n) is 2.56. The number of aryl methyl sites for hydroxylation is 1. The van der Waals surface area contributed by atoms with Crippen LogP contribution < -0.4 is 5.32 Å². The van der Waals surface area contributed by atoms with Crippen molar-refractivity contribution in [2.75, 3.05) is 5.32 Å². The number of non-ortho nitro benzene ring substituents is 1. The highest BCUT2D eigenvalue weighted by atomic mass is 16.6. The topological polar surface area (TPSA) is 116 Å². The molecular weight excluding hydrogens is 338 g/mol. The van der Waals surface area contributed by atoms with E-state index < -0.39 is 9.85 Å². The second-order valence-corrected chi connectivity index (χ2v) is 5.60. The Morgan fingerprint density at radius 3 is 2.50 bits per heavy atom. The van der Waals surface area contributed by atoms with Gasteiger partial charge in [0.1, 0.15) is 5.69 Å². The molecule has 3 rings (SSSR count). The van der Waals surface area contributed by atoms with Gasteiger partial charge in [-0.2, -0.15) is 5.10 Å². The first-order chi connectivity index (χ1) is 12.5. The Balaban J connectivity index is 1.88. The van der Waals surface area contributed by atoms with Gasteiger partial charge < -0.3 is 5.32 Å². The first-order valence-corrected chi connectivity index (χ1v) is 7.73. The van der Waals surface area contributed by atoms with Gasteiger partial charge in [0.2, 0.25) is 0 Å². The van der Waals surface area contributed by atoms with Crippen LogP contribution in [0.25, 0.3) is 5.69 Å². The molecule has 0 aliphatic rings. The van der Waals surface area contributed by atoms with E-state index in [9.17, 15) is 20.2 Å². The summed E-state index contributed by atoms with van der Waals surface area (Å²) in [6.07, 6.45) is 1.84. The van der Waals surface area contributed by atoms with Crippen molar-refractivity contribution in [2.24, 2.45) is 0 Å². The third-order valence-corrected chi connectivity index (χ3v) is 3.82. The summed E-state index contributed by atoms with van der Waals surface area (Å²) in [5.41, 5.74) is 2.15. The number of anilines is 1. The minimum Gasteiger partial charge on any atom is -0.375 e. The zero-order valence-corrected chi connectivity index (χ0v) is 13.8. The number of hydrogen-bond acceptors (Lipinski definition) is 6. The van der Waals surface area contributed by atoms with Gasteiger partial charge in [0.05, 0.1) is 27.3 Å². The average Bonchev–Trinajstić information content (AvgIpc) is 3.06. The molecule has 0 aliphatic carbocycles. The molecule has 26 heavy (non-hydrogen) atoms. The summed E-state index contributed by atoms with van der Waals surface area (Å²) in [6, 6.07) is 12.9. The highest BCUT2D eigenvalue weighted by molar-refractivity contribution is 5.65. The molecule has 132 valence electrons. The van der Waals surface area contributed by atoms with E-state index in [0.717, 1.165) is 23.0 Å². The van der Waals surface area contributed by atoms with Gasteiger partial charge >= 0.3 is 0 Å². The van der Waals surface area contributed by atoms with Crippen LogP contribution in [0.1, 0.15) is 11.3 Å². The first-order valence-electron chi connectivity index (χ1n) is 7.73. The van der Waals surface area contributed by atoms with Crippen LogP contribution in [-0.4, -0.2) is 19.6 Å². The summed E-state index contributed by atoms with van der Waals surface area (Å²) in [5, 5.41) is 29.4. The monoisotopic (exact) mass is 353 g/mol. The quantitative estimate of drug-likeness (QED) is 0.534. The van der Waals surface area contributed by atoms with Crippen LogP contribution in [0.5, 0.6) is 0 Å². The maximum absolute atomic E-state index is 11.2. The van der Waals surface area contributed by atoms with Crippen LogP contribution in [0.15, 0.2) is 54.7 Å². The predicted octanol–water partition coefficient (Wildman–Crippen LogP) is 3.61. The second-order valence-electron chi connectivity index (χ2n) is 5.60. The Hall–Kier alpha value is -3.75. The number of nitro benzene ring substituents is 2. The van der Waals surface area contributed by atoms with E-state index in [1.165, 1.54) is 12.1 Å². The highest BCUT2D eigenvalue weighted by Crippen LogP contribution is 2.29. The molecule has 1 N–H and O–H groups in total. The van der Waals surface area contributed by atoms with Gasteiger partial charge in [-0.05, 0) is 30.7 Å². The van der Waals surface area contributed by atoms with E-state index in [1.54, 1.807) is 4.68 Å². The molecule has 0 saturated heterocycles. The maximum atomic E-state index is 11.2. The van der Waals surface area contributed by atoms with Crippen LogP contribution in [0.4, 0.5) is 17.1 Å². The highest BCUT2D eigenvalue weighted by Gasteiger charge is 2.19. The van der Waals surface area contributed by atoms with Gasteiger partial charge in [-0.15, -0.1) is 0 Å². The number of benzene rings is 2. The van der Waals surface area contributed by atoms with E-state index in [0.29, 0.717) is 6.54 Å². The van der Waals surface area contributed by atoms with Crippen molar-refractivity contribution in [1.82, 2.24) is 9.78 Å². The zero-order chi connectivity index (χ0) is 18.7. The molecule has 0 aliphatic heterocycles. The van der Waals surface area contributed by atoms with Gasteiger partial charge in [0.15, 0.2) is 0 Å². The van der Waals surface area contributed by atoms with Crippen LogP contribution in [0.3, 0.4) is 0 Å². The molecule has 3 aromatic rings. The Labute approximate surface area is 148 Å². The molecule has 1 aromatic heterocycles. The van der Waals surface area contributed by atoms with Gasteiger partial charge in [0.25, 0.3) is 11.4 Å². The van der Waals surface area contributed by atoms with Crippen molar-refractivity contribution in [3.8, 4) is 5.69 Å². The summed E-state index contributed by atoms with van der Waals surface area (Å²) >= 11 is 0. The van der Waals surface area contributed by atoms with Crippen molar-refractivity contribution in [2.45, 2.75) is 13.5 Å². The number of rotatable bonds is 6. The van der Waals surface area contributed by atoms with Crippen molar-refractivity contribution in [3.05, 3.63) is 86.2 Å². The van der Waals surface area contributed by atoms with Gasteiger partial charge in [0, 0.05) is 18.8 Å². The molecule has 0 unspecified atom stereocenters. The van der Waals surface area contributed by atoms with E-state index in [2.05, 4.69) is 10.4 Å². The lowest BCUT2D eigenvalue weighted by atomic mass is 10.1. The lowest BCUT2D eigenvalue weighted by Crippen LogP contribution is -2.07. The van der Waals surface area contributed by atoms with Crippen LogP contribution in [0, 0.1) is 27.2 Å². The standard InChI is InChI=1S/C17H15N5O4/c1-12-8-9-20(19-12)16-5-3-2-4-13(16)11-18-15-7-6-14(21(23)24)10-17(15)22(25)26/h2-10,18H,11H2,1H3. The average molecular weight is 353 g/mol. The Morgan fingerprint density at radius 1 is 1.08 bits per heavy atom. The van der Waals surface area contributed by atoms with Crippen LogP contribution >= 0.6 is 0 Å². The summed E-state index contributed by atoms with van der Waals surface area (Å²) in [5.74, 6) is 0. The van der Waals surface area contributed by atoms with Crippen molar-refractivity contribution < 1.29 is 9.85 Å². The number of aromatic nitrogens is 2. The number of para-hydroxylation sites is 1. The van der Waals surface area contributed by atoms with Gasteiger partial charge in [-0.1, -0.05) is 18.2 Å². The van der Waals surface area contributed by atoms with Crippen molar-refractivity contribution >= 4 is 17.1 Å². The van der Waals surface area contributed by atoms with E-state index in [1.807, 2.05) is 43.5 Å². The van der Waals surface area contributed by atoms with Crippen LogP contribution in [-0.2, 0) is 6.54 Å². The smallest absolute Gasteiger partial charge is 0.299 e. The fourth-order valence-corrected chi connectivity index (χ4v) is 2.56. The van der Waals surface area contributed by atoms with Crippen molar-refractivity contribution in [1.29, 1.82) is 0 Å². The zero-order valence-electron chi connectivity index (χ0n) is 13.8. The largest absolute Gasteiger partial charge is 0.375 e. The van der Waals surface area contributed by atoms with Gasteiger partial charge in [-0.3, -0.25) is 20.2 Å². The van der Waals surface area contributed by atoms with E-state index >= 15 is 0 Å². The third kappa shape index (κ3) is 3.51. The lowest BCUT2D eigenvalue weighted by Gasteiger charge is -2.11. The molecule has 0 amide bonds. The number of nitrogens with one attached hydrogen (secondary N) is 1. The van der Waals surface area contributed by atoms with Crippen molar-refractivity contribution in [3.63, 3.8) is 0 Å². The molecule has 0 fully saturated rings. The Bertz CT molecular complexity index is 983. The predicted molar refractivity (Wildman–Crippen MR) is 95.4 cm³/mol. The lowest BCUT2D eigenvalue weighted by molar-refractivity contribution is -0.393. The minimum absolute atomic E-state index is 0.215. The molecule has 0 saturated carbocycles. The normalized spacial score (nSPS) is 10.5.